The molecule has 0 atom stereocenters. The molecule has 1 heterocycles. The van der Waals surface area contributed by atoms with Gasteiger partial charge in [0.2, 0.25) is 5.88 Å². The van der Waals surface area contributed by atoms with Crippen molar-refractivity contribution in [2.75, 3.05) is 0 Å². The summed E-state index contributed by atoms with van der Waals surface area (Å²) < 4.78 is 49.4. The second-order valence-electron chi connectivity index (χ2n) is 2.27. The van der Waals surface area contributed by atoms with Crippen LogP contribution in [-0.4, -0.2) is 20.0 Å². The highest BCUT2D eigenvalue weighted by atomic mass is 35.7. The third-order valence-electron chi connectivity index (χ3n) is 1.25. The Bertz CT molecular complexity index is 465. The van der Waals surface area contributed by atoms with Crippen LogP contribution in [0.25, 0.3) is 0 Å². The Morgan fingerprint density at radius 1 is 1.47 bits per heavy atom. The van der Waals surface area contributed by atoms with Crippen molar-refractivity contribution in [2.24, 2.45) is 0 Å². The van der Waals surface area contributed by atoms with E-state index in [1.807, 2.05) is 0 Å². The number of pyridine rings is 1. The largest absolute Gasteiger partial charge is 0.415 e. The summed E-state index contributed by atoms with van der Waals surface area (Å²) in [4.78, 5) is 2.59. The monoisotopic (exact) mass is 277 g/mol. The minimum atomic E-state index is -4.23. The van der Waals surface area contributed by atoms with Crippen LogP contribution in [0, 0.1) is 0 Å². The topological polar surface area (TPSA) is 56.3 Å². The van der Waals surface area contributed by atoms with E-state index >= 15 is 0 Å². The predicted octanol–water partition coefficient (Wildman–Crippen LogP) is 2.26. The Labute approximate surface area is 93.2 Å². The molecule has 0 aliphatic heterocycles. The fraction of sp³-hybridized carbons (Fsp3) is 0.167. The van der Waals surface area contributed by atoms with Gasteiger partial charge in [-0.25, -0.2) is 13.4 Å². The van der Waals surface area contributed by atoms with Gasteiger partial charge >= 0.3 is 6.61 Å². The summed E-state index contributed by atoms with van der Waals surface area (Å²) in [6, 6.07) is 0.870. The van der Waals surface area contributed by atoms with E-state index in [2.05, 4.69) is 9.72 Å². The van der Waals surface area contributed by atoms with Crippen LogP contribution >= 0.6 is 22.3 Å². The molecule has 0 aliphatic carbocycles. The molecular weight excluding hydrogens is 275 g/mol. The maximum Gasteiger partial charge on any atom is 0.388 e. The lowest BCUT2D eigenvalue weighted by Gasteiger charge is -2.06. The van der Waals surface area contributed by atoms with E-state index in [1.54, 1.807) is 0 Å². The van der Waals surface area contributed by atoms with Gasteiger partial charge in [0, 0.05) is 16.9 Å². The summed E-state index contributed by atoms with van der Waals surface area (Å²) in [5.74, 6) is -0.788. The van der Waals surface area contributed by atoms with E-state index in [1.165, 1.54) is 0 Å². The Kier molecular flexibility index (Phi) is 3.69. The van der Waals surface area contributed by atoms with Crippen LogP contribution in [0.1, 0.15) is 0 Å². The van der Waals surface area contributed by atoms with Crippen molar-refractivity contribution < 1.29 is 21.9 Å². The number of hydrogen-bond acceptors (Lipinski definition) is 4. The van der Waals surface area contributed by atoms with E-state index in [0.717, 1.165) is 12.3 Å². The van der Waals surface area contributed by atoms with Gasteiger partial charge in [-0.15, -0.1) is 0 Å². The van der Waals surface area contributed by atoms with Crippen LogP contribution in [0.4, 0.5) is 8.78 Å². The van der Waals surface area contributed by atoms with Gasteiger partial charge < -0.3 is 4.74 Å². The minimum Gasteiger partial charge on any atom is -0.415 e. The number of rotatable bonds is 3. The Morgan fingerprint density at radius 3 is 2.53 bits per heavy atom. The van der Waals surface area contributed by atoms with Gasteiger partial charge in [-0.1, -0.05) is 11.6 Å². The summed E-state index contributed by atoms with van der Waals surface area (Å²) in [6.07, 6.45) is 0.963. The van der Waals surface area contributed by atoms with Crippen LogP contribution in [-0.2, 0) is 9.05 Å². The van der Waals surface area contributed by atoms with E-state index in [4.69, 9.17) is 22.3 Å². The molecule has 0 N–H and O–H groups in total. The molecule has 0 amide bonds. The molecule has 0 bridgehead atoms. The zero-order valence-electron chi connectivity index (χ0n) is 6.82. The number of hydrogen-bond donors (Lipinski definition) is 0. The molecule has 15 heavy (non-hydrogen) atoms. The fourth-order valence-electron chi connectivity index (χ4n) is 0.756. The van der Waals surface area contributed by atoms with Crippen molar-refractivity contribution in [2.45, 2.75) is 11.5 Å². The highest BCUT2D eigenvalue weighted by molar-refractivity contribution is 8.13. The van der Waals surface area contributed by atoms with E-state index in [0.29, 0.717) is 0 Å². The minimum absolute atomic E-state index is 0.0594. The number of nitrogens with zero attached hydrogens (tertiary/aromatic N) is 1. The van der Waals surface area contributed by atoms with Crippen molar-refractivity contribution in [3.05, 3.63) is 17.3 Å². The third-order valence-corrected chi connectivity index (χ3v) is 2.77. The number of alkyl halides is 2. The van der Waals surface area contributed by atoms with E-state index in [9.17, 15) is 17.2 Å². The maximum atomic E-state index is 11.9. The molecule has 0 spiro atoms. The molecular formula is C6H3Cl2F2NO3S. The van der Waals surface area contributed by atoms with Gasteiger partial charge in [0.15, 0.2) is 0 Å². The molecule has 9 heteroatoms. The normalized spacial score (nSPS) is 11.8. The first kappa shape index (κ1) is 12.4. The van der Waals surface area contributed by atoms with Crippen molar-refractivity contribution in [1.29, 1.82) is 0 Å². The zero-order valence-corrected chi connectivity index (χ0v) is 9.15. The fourth-order valence-corrected chi connectivity index (χ4v) is 1.89. The lowest BCUT2D eigenvalue weighted by atomic mass is 10.5. The SMILES string of the molecule is O=S(=O)(Cl)c1cc(Cl)cnc1OC(F)F. The second kappa shape index (κ2) is 4.46. The second-order valence-corrected chi connectivity index (χ2v) is 5.24. The lowest BCUT2D eigenvalue weighted by molar-refractivity contribution is -0.0548. The Morgan fingerprint density at radius 2 is 2.07 bits per heavy atom. The standard InChI is InChI=1S/C6H3Cl2F2NO3S/c7-3-1-4(15(8,12)13)5(11-2-3)14-6(9)10/h1-2,6H. The molecule has 84 valence electrons. The van der Waals surface area contributed by atoms with Gasteiger partial charge in [0.05, 0.1) is 5.02 Å². The first-order chi connectivity index (χ1) is 6.80. The van der Waals surface area contributed by atoms with E-state index in [-0.39, 0.29) is 5.02 Å². The van der Waals surface area contributed by atoms with Crippen LogP contribution in [0.5, 0.6) is 5.88 Å². The van der Waals surface area contributed by atoms with Crippen molar-refractivity contribution in [3.63, 3.8) is 0 Å². The predicted molar refractivity (Wildman–Crippen MR) is 48.9 cm³/mol. The lowest BCUT2D eigenvalue weighted by Crippen LogP contribution is -2.07. The highest BCUT2D eigenvalue weighted by Crippen LogP contribution is 2.28. The third kappa shape index (κ3) is 3.44. The first-order valence-corrected chi connectivity index (χ1v) is 6.04. The molecule has 1 aromatic rings. The molecule has 0 aromatic carbocycles. The number of ether oxygens (including phenoxy) is 1. The molecule has 0 aliphatic rings. The summed E-state index contributed by atoms with van der Waals surface area (Å²) in [6.45, 7) is -3.20. The summed E-state index contributed by atoms with van der Waals surface area (Å²) in [5.41, 5.74) is 0. The van der Waals surface area contributed by atoms with Crippen molar-refractivity contribution in [1.82, 2.24) is 4.98 Å². The smallest absolute Gasteiger partial charge is 0.388 e. The average molecular weight is 278 g/mol. The maximum absolute atomic E-state index is 11.9. The van der Waals surface area contributed by atoms with Gasteiger partial charge in [-0.05, 0) is 6.07 Å². The van der Waals surface area contributed by atoms with Crippen LogP contribution in [0.3, 0.4) is 0 Å². The van der Waals surface area contributed by atoms with Crippen LogP contribution in [0.15, 0.2) is 17.2 Å². The van der Waals surface area contributed by atoms with Gasteiger partial charge in [-0.2, -0.15) is 8.78 Å². The Hall–Kier alpha value is -0.660. The molecule has 4 nitrogen and oxygen atoms in total. The molecule has 1 rings (SSSR count). The molecule has 0 unspecified atom stereocenters. The highest BCUT2D eigenvalue weighted by Gasteiger charge is 2.21. The summed E-state index contributed by atoms with van der Waals surface area (Å²) in [7, 11) is 0.733. The molecule has 1 aromatic heterocycles. The summed E-state index contributed by atoms with van der Waals surface area (Å²) >= 11 is 5.43. The molecule has 0 saturated heterocycles. The Balaban J connectivity index is 3.27. The number of aromatic nitrogens is 1. The van der Waals surface area contributed by atoms with E-state index < -0.39 is 26.4 Å². The van der Waals surface area contributed by atoms with Crippen molar-refractivity contribution >= 4 is 31.3 Å². The average Bonchev–Trinajstić information content (AvgIpc) is 2.05. The molecule has 0 fully saturated rings. The van der Waals surface area contributed by atoms with Crippen LogP contribution < -0.4 is 4.74 Å². The van der Waals surface area contributed by atoms with Gasteiger partial charge in [0.25, 0.3) is 9.05 Å². The van der Waals surface area contributed by atoms with Gasteiger partial charge in [-0.3, -0.25) is 0 Å². The van der Waals surface area contributed by atoms with Gasteiger partial charge in [0.1, 0.15) is 4.90 Å². The summed E-state index contributed by atoms with van der Waals surface area (Å²) in [5, 5.41) is -0.0594. The first-order valence-electron chi connectivity index (χ1n) is 3.35. The molecule has 0 radical (unpaired) electrons. The zero-order chi connectivity index (χ0) is 11.6. The van der Waals surface area contributed by atoms with Crippen molar-refractivity contribution in [3.8, 4) is 5.88 Å². The quantitative estimate of drug-likeness (QED) is 0.796. The number of halogens is 4. The van der Waals surface area contributed by atoms with Crippen LogP contribution in [0.2, 0.25) is 5.02 Å². The molecule has 0 saturated carbocycles.